The van der Waals surface area contributed by atoms with E-state index >= 15 is 0 Å². The first-order valence-corrected chi connectivity index (χ1v) is 4.15. The maximum atomic E-state index is 3.07. The first-order valence-electron chi connectivity index (χ1n) is 4.15. The minimum atomic E-state index is 0.746. The molecule has 0 spiro atoms. The van der Waals surface area contributed by atoms with Gasteiger partial charge in [-0.05, 0) is 36.5 Å². The zero-order chi connectivity index (χ0) is 8.27. The highest BCUT2D eigenvalue weighted by Crippen LogP contribution is 2.11. The normalized spacial score (nSPS) is 10.5. The highest BCUT2D eigenvalue weighted by molar-refractivity contribution is 5.25. The van der Waals surface area contributed by atoms with E-state index in [0.717, 1.165) is 5.92 Å². The molecule has 1 rings (SSSR count). The fraction of sp³-hybridized carbons (Fsp3) is 0.455. The summed E-state index contributed by atoms with van der Waals surface area (Å²) >= 11 is 0. The van der Waals surface area contributed by atoms with Crippen molar-refractivity contribution in [3.63, 3.8) is 0 Å². The third-order valence-electron chi connectivity index (χ3n) is 1.82. The molecule has 0 atom stereocenters. The molecule has 0 aromatic heterocycles. The van der Waals surface area contributed by atoms with Crippen LogP contribution in [0.4, 0.5) is 0 Å². The Morgan fingerprint density at radius 2 is 2.18 bits per heavy atom. The van der Waals surface area contributed by atoms with Crippen LogP contribution in [-0.4, -0.2) is 0 Å². The van der Waals surface area contributed by atoms with Gasteiger partial charge in [-0.1, -0.05) is 32.0 Å². The van der Waals surface area contributed by atoms with Crippen molar-refractivity contribution < 1.29 is 0 Å². The fourth-order valence-corrected chi connectivity index (χ4v) is 1.21. The van der Waals surface area contributed by atoms with E-state index in [-0.39, 0.29) is 0 Å². The van der Waals surface area contributed by atoms with Crippen LogP contribution in [0, 0.1) is 18.9 Å². The molecule has 0 saturated carbocycles. The van der Waals surface area contributed by atoms with Gasteiger partial charge in [0, 0.05) is 0 Å². The SMILES string of the molecule is Cc1c[c]ccc1CC(C)C. The van der Waals surface area contributed by atoms with E-state index in [1.165, 1.54) is 17.5 Å². The van der Waals surface area contributed by atoms with Crippen molar-refractivity contribution in [2.24, 2.45) is 5.92 Å². The summed E-state index contributed by atoms with van der Waals surface area (Å²) in [5.74, 6) is 0.746. The van der Waals surface area contributed by atoms with Crippen molar-refractivity contribution >= 4 is 0 Å². The molecule has 0 N–H and O–H groups in total. The van der Waals surface area contributed by atoms with Crippen LogP contribution in [0.15, 0.2) is 18.2 Å². The van der Waals surface area contributed by atoms with Crippen LogP contribution in [-0.2, 0) is 6.42 Å². The summed E-state index contributed by atoms with van der Waals surface area (Å²) in [4.78, 5) is 0. The van der Waals surface area contributed by atoms with Crippen LogP contribution in [0.25, 0.3) is 0 Å². The molecule has 0 nitrogen and oxygen atoms in total. The van der Waals surface area contributed by atoms with Crippen molar-refractivity contribution in [1.29, 1.82) is 0 Å². The van der Waals surface area contributed by atoms with Gasteiger partial charge in [0.2, 0.25) is 0 Å². The minimum Gasteiger partial charge on any atom is -0.0625 e. The molecular formula is C11H15. The van der Waals surface area contributed by atoms with Gasteiger partial charge in [0.25, 0.3) is 0 Å². The Morgan fingerprint density at radius 3 is 2.73 bits per heavy atom. The summed E-state index contributed by atoms with van der Waals surface area (Å²) in [7, 11) is 0. The third-order valence-corrected chi connectivity index (χ3v) is 1.82. The van der Waals surface area contributed by atoms with Crippen molar-refractivity contribution in [2.45, 2.75) is 27.2 Å². The second-order valence-corrected chi connectivity index (χ2v) is 3.45. The predicted molar refractivity (Wildman–Crippen MR) is 48.6 cm³/mol. The van der Waals surface area contributed by atoms with Crippen LogP contribution in [0.2, 0.25) is 0 Å². The first-order chi connectivity index (χ1) is 5.20. The quantitative estimate of drug-likeness (QED) is 0.603. The molecule has 11 heavy (non-hydrogen) atoms. The molecule has 0 fully saturated rings. The molecule has 0 aliphatic heterocycles. The molecule has 0 heterocycles. The summed E-state index contributed by atoms with van der Waals surface area (Å²) in [6.07, 6.45) is 1.18. The number of benzene rings is 1. The van der Waals surface area contributed by atoms with Gasteiger partial charge in [-0.3, -0.25) is 0 Å². The Kier molecular flexibility index (Phi) is 2.70. The molecule has 1 aromatic rings. The number of hydrogen-bond donors (Lipinski definition) is 0. The predicted octanol–water partition coefficient (Wildman–Crippen LogP) is 2.99. The Balaban J connectivity index is 2.78. The molecule has 0 saturated heterocycles. The second-order valence-electron chi connectivity index (χ2n) is 3.45. The van der Waals surface area contributed by atoms with E-state index in [1.807, 2.05) is 6.07 Å². The summed E-state index contributed by atoms with van der Waals surface area (Å²) < 4.78 is 0. The standard InChI is InChI=1S/C11H15/c1-9(2)8-11-7-5-4-6-10(11)3/h5-7,9H,8H2,1-3H3. The van der Waals surface area contributed by atoms with E-state index in [4.69, 9.17) is 0 Å². The Bertz CT molecular complexity index is 223. The summed E-state index contributed by atoms with van der Waals surface area (Å²) in [5.41, 5.74) is 2.82. The van der Waals surface area contributed by atoms with Crippen molar-refractivity contribution in [1.82, 2.24) is 0 Å². The summed E-state index contributed by atoms with van der Waals surface area (Å²) in [5, 5.41) is 0. The second kappa shape index (κ2) is 3.56. The van der Waals surface area contributed by atoms with Crippen LogP contribution in [0.1, 0.15) is 25.0 Å². The average molecular weight is 147 g/mol. The average Bonchev–Trinajstić information content (AvgIpc) is 1.93. The van der Waals surface area contributed by atoms with Gasteiger partial charge in [-0.25, -0.2) is 0 Å². The largest absolute Gasteiger partial charge is 0.0625 e. The lowest BCUT2D eigenvalue weighted by atomic mass is 9.99. The topological polar surface area (TPSA) is 0 Å². The summed E-state index contributed by atoms with van der Waals surface area (Å²) in [6, 6.07) is 9.28. The Hall–Kier alpha value is -0.780. The lowest BCUT2D eigenvalue weighted by Gasteiger charge is -2.06. The molecule has 0 bridgehead atoms. The zero-order valence-corrected chi connectivity index (χ0v) is 7.52. The van der Waals surface area contributed by atoms with Crippen molar-refractivity contribution in [3.8, 4) is 0 Å². The minimum absolute atomic E-state index is 0.746. The van der Waals surface area contributed by atoms with Crippen LogP contribution < -0.4 is 0 Å². The molecular weight excluding hydrogens is 132 g/mol. The van der Waals surface area contributed by atoms with Crippen LogP contribution >= 0.6 is 0 Å². The zero-order valence-electron chi connectivity index (χ0n) is 7.52. The molecule has 0 heteroatoms. The van der Waals surface area contributed by atoms with Crippen LogP contribution in [0.3, 0.4) is 0 Å². The molecule has 1 radical (unpaired) electrons. The molecule has 1 aromatic carbocycles. The van der Waals surface area contributed by atoms with E-state index in [2.05, 4.69) is 39.0 Å². The lowest BCUT2D eigenvalue weighted by molar-refractivity contribution is 0.645. The first kappa shape index (κ1) is 8.32. The van der Waals surface area contributed by atoms with E-state index in [0.29, 0.717) is 0 Å². The number of hydrogen-bond acceptors (Lipinski definition) is 0. The van der Waals surface area contributed by atoms with Crippen molar-refractivity contribution in [3.05, 3.63) is 35.4 Å². The van der Waals surface area contributed by atoms with Crippen molar-refractivity contribution in [2.75, 3.05) is 0 Å². The number of rotatable bonds is 2. The van der Waals surface area contributed by atoms with E-state index in [1.54, 1.807) is 0 Å². The van der Waals surface area contributed by atoms with Gasteiger partial charge >= 0.3 is 0 Å². The molecule has 0 amide bonds. The smallest absolute Gasteiger partial charge is 0.0181 e. The molecule has 0 unspecified atom stereocenters. The van der Waals surface area contributed by atoms with Gasteiger partial charge in [0.1, 0.15) is 0 Å². The van der Waals surface area contributed by atoms with Gasteiger partial charge in [-0.15, -0.1) is 0 Å². The van der Waals surface area contributed by atoms with Crippen LogP contribution in [0.5, 0.6) is 0 Å². The fourth-order valence-electron chi connectivity index (χ4n) is 1.21. The van der Waals surface area contributed by atoms with Gasteiger partial charge in [0.05, 0.1) is 0 Å². The van der Waals surface area contributed by atoms with Gasteiger partial charge in [-0.2, -0.15) is 0 Å². The number of aryl methyl sites for hydroxylation is 1. The monoisotopic (exact) mass is 147 g/mol. The Labute approximate surface area is 69.3 Å². The maximum absolute atomic E-state index is 3.07. The molecule has 59 valence electrons. The highest BCUT2D eigenvalue weighted by atomic mass is 14.0. The molecule has 0 aliphatic rings. The maximum Gasteiger partial charge on any atom is -0.0181 e. The van der Waals surface area contributed by atoms with Gasteiger partial charge in [0.15, 0.2) is 0 Å². The van der Waals surface area contributed by atoms with E-state index in [9.17, 15) is 0 Å². The van der Waals surface area contributed by atoms with E-state index < -0.39 is 0 Å². The lowest BCUT2D eigenvalue weighted by Crippen LogP contribution is -1.95. The van der Waals surface area contributed by atoms with Gasteiger partial charge < -0.3 is 0 Å². The third kappa shape index (κ3) is 2.38. The molecule has 0 aliphatic carbocycles. The highest BCUT2D eigenvalue weighted by Gasteiger charge is 1.98. The Morgan fingerprint density at radius 1 is 1.45 bits per heavy atom. The summed E-state index contributed by atoms with van der Waals surface area (Å²) in [6.45, 7) is 6.64.